The van der Waals surface area contributed by atoms with Crippen LogP contribution in [-0.2, 0) is 0 Å². The Bertz CT molecular complexity index is 2890. The van der Waals surface area contributed by atoms with Gasteiger partial charge in [0.25, 0.3) is 0 Å². The lowest BCUT2D eigenvalue weighted by molar-refractivity contribution is 1.07. The van der Waals surface area contributed by atoms with Crippen LogP contribution in [0.3, 0.4) is 0 Å². The van der Waals surface area contributed by atoms with Gasteiger partial charge >= 0.3 is 0 Å². The molecule has 0 bridgehead atoms. The average molecular weight is 705 g/mol. The first-order valence-corrected chi connectivity index (χ1v) is 18.3. The van der Waals surface area contributed by atoms with Gasteiger partial charge in [0.2, 0.25) is 0 Å². The first-order chi connectivity index (χ1) is 27.3. The summed E-state index contributed by atoms with van der Waals surface area (Å²) in [7, 11) is 0. The van der Waals surface area contributed by atoms with Crippen LogP contribution in [0.5, 0.6) is 0 Å². The fourth-order valence-electron chi connectivity index (χ4n) is 7.29. The molecule has 0 radical (unpaired) electrons. The van der Waals surface area contributed by atoms with Gasteiger partial charge in [-0.05, 0) is 69.4 Å². The van der Waals surface area contributed by atoms with E-state index in [1.807, 2.05) is 91.1 Å². The van der Waals surface area contributed by atoms with Crippen LogP contribution in [0.4, 0.5) is 0 Å². The highest BCUT2D eigenvalue weighted by Gasteiger charge is 2.18. The minimum atomic E-state index is 0.635. The molecule has 10 aromatic rings. The van der Waals surface area contributed by atoms with Gasteiger partial charge in [-0.1, -0.05) is 152 Å². The van der Waals surface area contributed by atoms with Crippen molar-refractivity contribution in [1.29, 1.82) is 0 Å². The molecule has 7 aromatic carbocycles. The first-order valence-electron chi connectivity index (χ1n) is 18.3. The Kier molecular flexibility index (Phi) is 8.04. The summed E-state index contributed by atoms with van der Waals surface area (Å²) in [6.07, 6.45) is 1.81. The van der Waals surface area contributed by atoms with Crippen molar-refractivity contribution >= 4 is 21.8 Å². The maximum Gasteiger partial charge on any atom is 0.164 e. The molecule has 0 atom stereocenters. The molecule has 0 aliphatic rings. The summed E-state index contributed by atoms with van der Waals surface area (Å²) in [6, 6.07) is 64.6. The number of hydrogen-bond acceptors (Lipinski definition) is 5. The smallest absolute Gasteiger partial charge is 0.164 e. The molecule has 3 aromatic heterocycles. The Labute approximate surface area is 318 Å². The molecule has 6 nitrogen and oxygen atoms in total. The van der Waals surface area contributed by atoms with Crippen LogP contribution in [0.1, 0.15) is 0 Å². The van der Waals surface area contributed by atoms with Gasteiger partial charge in [0.1, 0.15) is 5.69 Å². The summed E-state index contributed by atoms with van der Waals surface area (Å²) >= 11 is 0. The van der Waals surface area contributed by atoms with Crippen molar-refractivity contribution in [1.82, 2.24) is 29.5 Å². The molecule has 6 heteroatoms. The van der Waals surface area contributed by atoms with Crippen LogP contribution in [0.15, 0.2) is 194 Å². The van der Waals surface area contributed by atoms with Gasteiger partial charge in [0, 0.05) is 28.6 Å². The van der Waals surface area contributed by atoms with Gasteiger partial charge in [-0.25, -0.2) is 19.9 Å². The Balaban J connectivity index is 1.04. The lowest BCUT2D eigenvalue weighted by Crippen LogP contribution is -2.00. The van der Waals surface area contributed by atoms with Gasteiger partial charge < -0.3 is 0 Å². The van der Waals surface area contributed by atoms with Gasteiger partial charge in [-0.15, -0.1) is 0 Å². The number of imidazole rings is 1. The van der Waals surface area contributed by atoms with Crippen LogP contribution in [0, 0.1) is 0 Å². The van der Waals surface area contributed by atoms with E-state index in [0.717, 1.165) is 67.2 Å². The predicted octanol–water partition coefficient (Wildman–Crippen LogP) is 11.8. The number of pyridine rings is 1. The average Bonchev–Trinajstić information content (AvgIpc) is 3.66. The van der Waals surface area contributed by atoms with Crippen LogP contribution in [-0.4, -0.2) is 29.5 Å². The van der Waals surface area contributed by atoms with Crippen molar-refractivity contribution < 1.29 is 0 Å². The molecule has 55 heavy (non-hydrogen) atoms. The van der Waals surface area contributed by atoms with E-state index < -0.39 is 0 Å². The zero-order chi connectivity index (χ0) is 36.6. The monoisotopic (exact) mass is 704 g/mol. The molecular formula is C49H32N6. The Morgan fingerprint density at radius 3 is 1.44 bits per heavy atom. The van der Waals surface area contributed by atoms with Crippen molar-refractivity contribution in [2.45, 2.75) is 0 Å². The van der Waals surface area contributed by atoms with E-state index >= 15 is 0 Å². The minimum absolute atomic E-state index is 0.635. The third-order valence-corrected chi connectivity index (χ3v) is 9.95. The molecule has 0 aliphatic heterocycles. The van der Waals surface area contributed by atoms with Crippen molar-refractivity contribution in [3.05, 3.63) is 194 Å². The largest absolute Gasteiger partial charge is 0.291 e. The van der Waals surface area contributed by atoms with Crippen molar-refractivity contribution in [3.63, 3.8) is 0 Å². The number of fused-ring (bicyclic) bond motifs is 2. The quantitative estimate of drug-likeness (QED) is 0.165. The second-order valence-corrected chi connectivity index (χ2v) is 13.3. The Morgan fingerprint density at radius 2 is 0.855 bits per heavy atom. The zero-order valence-electron chi connectivity index (χ0n) is 29.7. The Morgan fingerprint density at radius 1 is 0.364 bits per heavy atom. The lowest BCUT2D eigenvalue weighted by atomic mass is 9.91. The summed E-state index contributed by atoms with van der Waals surface area (Å²) in [6.45, 7) is 0. The summed E-state index contributed by atoms with van der Waals surface area (Å²) in [5.74, 6) is 2.74. The van der Waals surface area contributed by atoms with E-state index in [-0.39, 0.29) is 0 Å². The summed E-state index contributed by atoms with van der Waals surface area (Å²) < 4.78 is 2.19. The fourth-order valence-corrected chi connectivity index (χ4v) is 7.29. The SMILES string of the molecule is c1ccc(-c2nc(-c3ccccc3)nc(-c3ccc(-c4ccc(-c5ccc6c(c5)nc(-c5ccccn5)n6-c5ccccc5)c5ccccc45)cc3)n2)cc1. The highest BCUT2D eigenvalue weighted by atomic mass is 15.1. The van der Waals surface area contributed by atoms with E-state index in [1.165, 1.54) is 10.8 Å². The second-order valence-electron chi connectivity index (χ2n) is 13.3. The minimum Gasteiger partial charge on any atom is -0.291 e. The van der Waals surface area contributed by atoms with E-state index in [0.29, 0.717) is 17.5 Å². The molecule has 0 fully saturated rings. The molecule has 0 aliphatic carbocycles. The van der Waals surface area contributed by atoms with Crippen LogP contribution in [0.25, 0.3) is 95.4 Å². The van der Waals surface area contributed by atoms with E-state index in [2.05, 4.69) is 113 Å². The van der Waals surface area contributed by atoms with Crippen molar-refractivity contribution in [2.24, 2.45) is 0 Å². The van der Waals surface area contributed by atoms with Crippen LogP contribution < -0.4 is 0 Å². The molecule has 0 unspecified atom stereocenters. The Hall–Kier alpha value is -7.57. The zero-order valence-corrected chi connectivity index (χ0v) is 29.7. The first kappa shape index (κ1) is 32.1. The second kappa shape index (κ2) is 13.8. The van der Waals surface area contributed by atoms with Crippen LogP contribution in [0.2, 0.25) is 0 Å². The van der Waals surface area contributed by atoms with E-state index in [9.17, 15) is 0 Å². The number of rotatable bonds is 7. The highest BCUT2D eigenvalue weighted by Crippen LogP contribution is 2.38. The standard InChI is InChI=1S/C49H32N6/c1-4-14-34(15-5-1)46-52-47(35-16-6-2-7-17-35)54-48(53-46)36-25-23-33(24-26-36)39-28-29-40(42-21-11-10-20-41(39)42)37-27-30-45-44(32-37)51-49(43-22-12-13-31-50-43)55(45)38-18-8-3-9-19-38/h1-32H. The molecule has 0 N–H and O–H groups in total. The number of aromatic nitrogens is 6. The van der Waals surface area contributed by atoms with E-state index in [1.54, 1.807) is 0 Å². The van der Waals surface area contributed by atoms with Gasteiger partial charge in [0.05, 0.1) is 11.0 Å². The summed E-state index contributed by atoms with van der Waals surface area (Å²) in [4.78, 5) is 24.5. The normalized spacial score (nSPS) is 11.3. The van der Waals surface area contributed by atoms with Gasteiger partial charge in [-0.2, -0.15) is 0 Å². The van der Waals surface area contributed by atoms with Gasteiger partial charge in [-0.3, -0.25) is 9.55 Å². The number of benzene rings is 7. The van der Waals surface area contributed by atoms with Gasteiger partial charge in [0.15, 0.2) is 23.3 Å². The predicted molar refractivity (Wildman–Crippen MR) is 222 cm³/mol. The molecule has 10 rings (SSSR count). The maximum atomic E-state index is 5.16. The molecule has 0 amide bonds. The number of nitrogens with zero attached hydrogens (tertiary/aromatic N) is 6. The van der Waals surface area contributed by atoms with Crippen LogP contribution >= 0.6 is 0 Å². The molecule has 0 saturated heterocycles. The molecule has 258 valence electrons. The topological polar surface area (TPSA) is 69.4 Å². The summed E-state index contributed by atoms with van der Waals surface area (Å²) in [5, 5.41) is 2.35. The molecular weight excluding hydrogens is 673 g/mol. The summed E-state index contributed by atoms with van der Waals surface area (Å²) in [5.41, 5.74) is 11.2. The number of hydrogen-bond donors (Lipinski definition) is 0. The lowest BCUT2D eigenvalue weighted by Gasteiger charge is -2.13. The molecule has 3 heterocycles. The third kappa shape index (κ3) is 6.02. The third-order valence-electron chi connectivity index (χ3n) is 9.95. The van der Waals surface area contributed by atoms with E-state index in [4.69, 9.17) is 19.9 Å². The maximum absolute atomic E-state index is 5.16. The molecule has 0 saturated carbocycles. The fraction of sp³-hybridized carbons (Fsp3) is 0. The molecule has 0 spiro atoms. The van der Waals surface area contributed by atoms with Crippen molar-refractivity contribution in [2.75, 3.05) is 0 Å². The number of para-hydroxylation sites is 1. The van der Waals surface area contributed by atoms with Crippen molar-refractivity contribution in [3.8, 4) is 73.6 Å². The highest BCUT2D eigenvalue weighted by molar-refractivity contribution is 6.06.